The normalized spacial score (nSPS) is 11.2. The van der Waals surface area contributed by atoms with Crippen LogP contribution < -0.4 is 16.6 Å². The fourth-order valence-electron chi connectivity index (χ4n) is 1.45. The molecule has 0 saturated heterocycles. The standard InChI is InChI=1S/C13H21N3O3/c1-13(2,3)19-12(18)15-5-7-16-6-4-10(9-14)8-11(16)17/h4,6,8H,5,7,9,14H2,1-3H3,(H,15,18). The Labute approximate surface area is 112 Å². The molecule has 0 spiro atoms. The number of pyridine rings is 1. The molecule has 1 heterocycles. The summed E-state index contributed by atoms with van der Waals surface area (Å²) in [4.78, 5) is 23.1. The molecule has 1 aromatic rings. The number of amides is 1. The molecule has 1 aromatic heterocycles. The van der Waals surface area contributed by atoms with Gasteiger partial charge in [-0.15, -0.1) is 0 Å². The first kappa shape index (κ1) is 15.2. The van der Waals surface area contributed by atoms with Crippen LogP contribution in [0.1, 0.15) is 26.3 Å². The molecular weight excluding hydrogens is 246 g/mol. The minimum Gasteiger partial charge on any atom is -0.444 e. The van der Waals surface area contributed by atoms with Crippen LogP contribution in [0.5, 0.6) is 0 Å². The fraction of sp³-hybridized carbons (Fsp3) is 0.538. The predicted octanol–water partition coefficient (Wildman–Crippen LogP) is 0.832. The molecule has 0 bridgehead atoms. The van der Waals surface area contributed by atoms with Crippen LogP contribution in [0.2, 0.25) is 0 Å². The first-order valence-electron chi connectivity index (χ1n) is 6.18. The summed E-state index contributed by atoms with van der Waals surface area (Å²) >= 11 is 0. The smallest absolute Gasteiger partial charge is 0.407 e. The second-order valence-corrected chi connectivity index (χ2v) is 5.20. The first-order valence-corrected chi connectivity index (χ1v) is 6.18. The van der Waals surface area contributed by atoms with Crippen LogP contribution in [0.15, 0.2) is 23.1 Å². The van der Waals surface area contributed by atoms with Crippen molar-refractivity contribution in [3.8, 4) is 0 Å². The van der Waals surface area contributed by atoms with Crippen LogP contribution in [-0.2, 0) is 17.8 Å². The van der Waals surface area contributed by atoms with Crippen molar-refractivity contribution in [2.75, 3.05) is 6.54 Å². The molecule has 0 aliphatic rings. The fourth-order valence-corrected chi connectivity index (χ4v) is 1.45. The Balaban J connectivity index is 2.46. The molecule has 1 rings (SSSR count). The summed E-state index contributed by atoms with van der Waals surface area (Å²) in [5, 5.41) is 2.60. The largest absolute Gasteiger partial charge is 0.444 e. The van der Waals surface area contributed by atoms with Gasteiger partial charge in [0.1, 0.15) is 5.60 Å². The molecule has 0 aliphatic heterocycles. The summed E-state index contributed by atoms with van der Waals surface area (Å²) < 4.78 is 6.60. The molecule has 0 unspecified atom stereocenters. The lowest BCUT2D eigenvalue weighted by molar-refractivity contribution is 0.0526. The molecular formula is C13H21N3O3. The van der Waals surface area contributed by atoms with Gasteiger partial charge in [0.2, 0.25) is 0 Å². The number of rotatable bonds is 4. The lowest BCUT2D eigenvalue weighted by atomic mass is 10.2. The molecule has 6 heteroatoms. The lowest BCUT2D eigenvalue weighted by Gasteiger charge is -2.19. The average Bonchev–Trinajstić information content (AvgIpc) is 2.28. The summed E-state index contributed by atoms with van der Waals surface area (Å²) in [7, 11) is 0. The second-order valence-electron chi connectivity index (χ2n) is 5.20. The Morgan fingerprint density at radius 3 is 2.68 bits per heavy atom. The maximum atomic E-state index is 11.7. The van der Waals surface area contributed by atoms with E-state index in [9.17, 15) is 9.59 Å². The monoisotopic (exact) mass is 267 g/mol. The molecule has 0 fully saturated rings. The highest BCUT2D eigenvalue weighted by Gasteiger charge is 2.15. The van der Waals surface area contributed by atoms with Crippen molar-refractivity contribution in [3.05, 3.63) is 34.2 Å². The molecule has 19 heavy (non-hydrogen) atoms. The minimum atomic E-state index is -0.524. The molecule has 0 atom stereocenters. The lowest BCUT2D eigenvalue weighted by Crippen LogP contribution is -2.35. The molecule has 0 radical (unpaired) electrons. The molecule has 1 amide bonds. The van der Waals surface area contributed by atoms with Gasteiger partial charge in [0, 0.05) is 31.9 Å². The first-order chi connectivity index (χ1) is 8.81. The van der Waals surface area contributed by atoms with Gasteiger partial charge >= 0.3 is 6.09 Å². The van der Waals surface area contributed by atoms with E-state index in [4.69, 9.17) is 10.5 Å². The third-order valence-corrected chi connectivity index (χ3v) is 2.32. The third-order valence-electron chi connectivity index (χ3n) is 2.32. The van der Waals surface area contributed by atoms with Crippen molar-refractivity contribution in [3.63, 3.8) is 0 Å². The van der Waals surface area contributed by atoms with E-state index in [2.05, 4.69) is 5.32 Å². The topological polar surface area (TPSA) is 86.3 Å². The summed E-state index contributed by atoms with van der Waals surface area (Å²) in [6, 6.07) is 3.28. The predicted molar refractivity (Wildman–Crippen MR) is 72.8 cm³/mol. The molecule has 3 N–H and O–H groups in total. The maximum Gasteiger partial charge on any atom is 0.407 e. The van der Waals surface area contributed by atoms with E-state index in [0.717, 1.165) is 5.56 Å². The molecule has 6 nitrogen and oxygen atoms in total. The van der Waals surface area contributed by atoms with E-state index in [1.165, 1.54) is 10.6 Å². The van der Waals surface area contributed by atoms with E-state index in [-0.39, 0.29) is 5.56 Å². The van der Waals surface area contributed by atoms with Gasteiger partial charge in [-0.2, -0.15) is 0 Å². The average molecular weight is 267 g/mol. The van der Waals surface area contributed by atoms with Crippen LogP contribution in [0.4, 0.5) is 4.79 Å². The Morgan fingerprint density at radius 2 is 2.16 bits per heavy atom. The zero-order chi connectivity index (χ0) is 14.5. The van der Waals surface area contributed by atoms with Crippen LogP contribution >= 0.6 is 0 Å². The number of alkyl carbamates (subject to hydrolysis) is 1. The van der Waals surface area contributed by atoms with Gasteiger partial charge in [0.05, 0.1) is 0 Å². The number of ether oxygens (including phenoxy) is 1. The maximum absolute atomic E-state index is 11.7. The van der Waals surface area contributed by atoms with Gasteiger partial charge in [0.25, 0.3) is 5.56 Å². The molecule has 0 aliphatic carbocycles. The van der Waals surface area contributed by atoms with Crippen molar-refractivity contribution in [1.29, 1.82) is 0 Å². The van der Waals surface area contributed by atoms with Crippen molar-refractivity contribution >= 4 is 6.09 Å². The molecule has 0 aromatic carbocycles. The van der Waals surface area contributed by atoms with Gasteiger partial charge in [-0.1, -0.05) is 0 Å². The Kier molecular flexibility index (Phi) is 5.11. The van der Waals surface area contributed by atoms with Crippen LogP contribution in [0, 0.1) is 0 Å². The zero-order valence-electron chi connectivity index (χ0n) is 11.6. The van der Waals surface area contributed by atoms with Crippen molar-refractivity contribution in [1.82, 2.24) is 9.88 Å². The Hall–Kier alpha value is -1.82. The minimum absolute atomic E-state index is 0.131. The van der Waals surface area contributed by atoms with Gasteiger partial charge in [-0.25, -0.2) is 4.79 Å². The Bertz CT molecular complexity index is 489. The van der Waals surface area contributed by atoms with Crippen LogP contribution in [0.3, 0.4) is 0 Å². The highest BCUT2D eigenvalue weighted by Crippen LogP contribution is 2.06. The molecule has 106 valence electrons. The van der Waals surface area contributed by atoms with E-state index >= 15 is 0 Å². The second kappa shape index (κ2) is 6.38. The third kappa shape index (κ3) is 5.56. The van der Waals surface area contributed by atoms with Crippen molar-refractivity contribution in [2.45, 2.75) is 39.5 Å². The highest BCUT2D eigenvalue weighted by atomic mass is 16.6. The van der Waals surface area contributed by atoms with Gasteiger partial charge in [-0.3, -0.25) is 4.79 Å². The van der Waals surface area contributed by atoms with Gasteiger partial charge < -0.3 is 20.4 Å². The summed E-state index contributed by atoms with van der Waals surface area (Å²) in [6.07, 6.45) is 1.18. The SMILES string of the molecule is CC(C)(C)OC(=O)NCCn1ccc(CN)cc1=O. The van der Waals surface area contributed by atoms with Gasteiger partial charge in [0.15, 0.2) is 0 Å². The van der Waals surface area contributed by atoms with Gasteiger partial charge in [-0.05, 0) is 32.4 Å². The number of carbonyl (C=O) groups is 1. The highest BCUT2D eigenvalue weighted by molar-refractivity contribution is 5.67. The van der Waals surface area contributed by atoms with Crippen molar-refractivity contribution in [2.24, 2.45) is 5.73 Å². The van der Waals surface area contributed by atoms with E-state index < -0.39 is 11.7 Å². The van der Waals surface area contributed by atoms with Crippen molar-refractivity contribution < 1.29 is 9.53 Å². The Morgan fingerprint density at radius 1 is 1.47 bits per heavy atom. The quantitative estimate of drug-likeness (QED) is 0.846. The van der Waals surface area contributed by atoms with E-state index in [1.54, 1.807) is 33.0 Å². The number of aromatic nitrogens is 1. The van der Waals surface area contributed by atoms with Crippen LogP contribution in [0.25, 0.3) is 0 Å². The number of nitrogens with one attached hydrogen (secondary N) is 1. The summed E-state index contributed by atoms with van der Waals surface area (Å²) in [5.41, 5.74) is 5.58. The summed E-state index contributed by atoms with van der Waals surface area (Å²) in [5.74, 6) is 0. The number of hydrogen-bond acceptors (Lipinski definition) is 4. The number of nitrogens with zero attached hydrogens (tertiary/aromatic N) is 1. The summed E-state index contributed by atoms with van der Waals surface area (Å²) in [6.45, 7) is 6.44. The number of nitrogens with two attached hydrogens (primary N) is 1. The number of carbonyl (C=O) groups excluding carboxylic acids is 1. The molecule has 0 saturated carbocycles. The number of hydrogen-bond donors (Lipinski definition) is 2. The van der Waals surface area contributed by atoms with E-state index in [0.29, 0.717) is 19.6 Å². The zero-order valence-corrected chi connectivity index (χ0v) is 11.6. The van der Waals surface area contributed by atoms with E-state index in [1.807, 2.05) is 0 Å². The van der Waals surface area contributed by atoms with Crippen LogP contribution in [-0.4, -0.2) is 22.8 Å².